The SMILES string of the molecule is COC(=O)c1ncn(-c2ccc(Cl)c([N+](=O)[O-])c2)c1N. The molecule has 2 aromatic rings. The van der Waals surface area contributed by atoms with E-state index in [0.717, 1.165) is 0 Å². The van der Waals surface area contributed by atoms with Crippen LogP contribution in [-0.4, -0.2) is 27.6 Å². The number of nitrogen functional groups attached to an aromatic ring is 1. The van der Waals surface area contributed by atoms with Crippen molar-refractivity contribution in [2.75, 3.05) is 12.8 Å². The number of hydrogen-bond acceptors (Lipinski definition) is 6. The minimum absolute atomic E-state index is 0.00521. The molecule has 0 aliphatic heterocycles. The highest BCUT2D eigenvalue weighted by Gasteiger charge is 2.19. The summed E-state index contributed by atoms with van der Waals surface area (Å²) >= 11 is 5.72. The molecule has 104 valence electrons. The molecule has 0 fully saturated rings. The fraction of sp³-hybridized carbons (Fsp3) is 0.0909. The Hall–Kier alpha value is -2.61. The highest BCUT2D eigenvalue weighted by atomic mass is 35.5. The number of imidazole rings is 1. The second-order valence-electron chi connectivity index (χ2n) is 3.73. The number of aromatic nitrogens is 2. The highest BCUT2D eigenvalue weighted by molar-refractivity contribution is 6.32. The van der Waals surface area contributed by atoms with Crippen molar-refractivity contribution in [3.63, 3.8) is 0 Å². The van der Waals surface area contributed by atoms with Crippen LogP contribution in [0.25, 0.3) is 5.69 Å². The number of carbonyl (C=O) groups is 1. The number of methoxy groups -OCH3 is 1. The molecular formula is C11H9ClN4O4. The molecule has 0 unspecified atom stereocenters. The number of nitrogens with zero attached hydrogens (tertiary/aromatic N) is 3. The highest BCUT2D eigenvalue weighted by Crippen LogP contribution is 2.28. The van der Waals surface area contributed by atoms with Crippen LogP contribution in [-0.2, 0) is 4.74 Å². The van der Waals surface area contributed by atoms with E-state index < -0.39 is 10.9 Å². The molecule has 2 rings (SSSR count). The predicted octanol–water partition coefficient (Wildman–Crippen LogP) is 1.80. The van der Waals surface area contributed by atoms with Crippen LogP contribution in [0.1, 0.15) is 10.5 Å². The molecule has 0 saturated heterocycles. The molecule has 0 spiro atoms. The fourth-order valence-electron chi connectivity index (χ4n) is 1.61. The number of anilines is 1. The van der Waals surface area contributed by atoms with Crippen molar-refractivity contribution < 1.29 is 14.5 Å². The van der Waals surface area contributed by atoms with Gasteiger partial charge in [0.05, 0.1) is 17.7 Å². The minimum atomic E-state index is -0.690. The van der Waals surface area contributed by atoms with E-state index in [1.807, 2.05) is 0 Å². The maximum atomic E-state index is 11.4. The zero-order valence-corrected chi connectivity index (χ0v) is 11.0. The Labute approximate surface area is 117 Å². The average molecular weight is 297 g/mol. The summed E-state index contributed by atoms with van der Waals surface area (Å²) in [6.45, 7) is 0. The van der Waals surface area contributed by atoms with Gasteiger partial charge in [0.1, 0.15) is 17.2 Å². The van der Waals surface area contributed by atoms with Crippen LogP contribution < -0.4 is 5.73 Å². The first kappa shape index (κ1) is 13.8. The standard InChI is InChI=1S/C11H9ClN4O4/c1-20-11(17)9-10(13)15(5-14-9)6-2-3-7(12)8(4-6)16(18)19/h2-5H,13H2,1H3. The molecule has 0 atom stereocenters. The van der Waals surface area contributed by atoms with E-state index in [0.29, 0.717) is 5.69 Å². The van der Waals surface area contributed by atoms with Crippen molar-refractivity contribution >= 4 is 29.1 Å². The first-order valence-electron chi connectivity index (χ1n) is 5.31. The van der Waals surface area contributed by atoms with E-state index in [1.54, 1.807) is 0 Å². The minimum Gasteiger partial charge on any atom is -0.464 e. The zero-order valence-electron chi connectivity index (χ0n) is 10.2. The van der Waals surface area contributed by atoms with E-state index >= 15 is 0 Å². The number of nitro benzene ring substituents is 1. The van der Waals surface area contributed by atoms with Gasteiger partial charge in [-0.25, -0.2) is 9.78 Å². The number of hydrogen-bond donors (Lipinski definition) is 1. The average Bonchev–Trinajstić information content (AvgIpc) is 2.80. The molecule has 0 aliphatic rings. The third kappa shape index (κ3) is 2.28. The van der Waals surface area contributed by atoms with Crippen molar-refractivity contribution in [3.8, 4) is 5.69 Å². The Morgan fingerprint density at radius 2 is 2.25 bits per heavy atom. The predicted molar refractivity (Wildman–Crippen MR) is 71.0 cm³/mol. The quantitative estimate of drug-likeness (QED) is 0.525. The van der Waals surface area contributed by atoms with Crippen LogP contribution in [0.15, 0.2) is 24.5 Å². The van der Waals surface area contributed by atoms with Gasteiger partial charge in [-0.15, -0.1) is 0 Å². The second-order valence-corrected chi connectivity index (χ2v) is 4.14. The molecule has 8 nitrogen and oxygen atoms in total. The van der Waals surface area contributed by atoms with Gasteiger partial charge in [0.25, 0.3) is 5.69 Å². The maximum absolute atomic E-state index is 11.4. The van der Waals surface area contributed by atoms with E-state index in [9.17, 15) is 14.9 Å². The van der Waals surface area contributed by atoms with Gasteiger partial charge < -0.3 is 10.5 Å². The molecule has 1 aromatic heterocycles. The van der Waals surface area contributed by atoms with Crippen molar-refractivity contribution in [2.24, 2.45) is 0 Å². The Kier molecular flexibility index (Phi) is 3.57. The van der Waals surface area contributed by atoms with Crippen molar-refractivity contribution in [2.45, 2.75) is 0 Å². The molecule has 0 amide bonds. The Balaban J connectivity index is 2.53. The zero-order chi connectivity index (χ0) is 14.9. The topological polar surface area (TPSA) is 113 Å². The van der Waals surface area contributed by atoms with E-state index in [2.05, 4.69) is 9.72 Å². The second kappa shape index (κ2) is 5.17. The number of benzene rings is 1. The number of carbonyl (C=O) groups excluding carboxylic acids is 1. The number of esters is 1. The summed E-state index contributed by atoms with van der Waals surface area (Å²) in [7, 11) is 1.20. The van der Waals surface area contributed by atoms with Crippen LogP contribution in [0, 0.1) is 10.1 Å². The Morgan fingerprint density at radius 3 is 2.85 bits per heavy atom. The van der Waals surface area contributed by atoms with Gasteiger partial charge in [0.2, 0.25) is 0 Å². The van der Waals surface area contributed by atoms with E-state index in [-0.39, 0.29) is 22.2 Å². The molecule has 20 heavy (non-hydrogen) atoms. The molecule has 0 saturated carbocycles. The molecule has 2 N–H and O–H groups in total. The summed E-state index contributed by atoms with van der Waals surface area (Å²) in [5.74, 6) is -0.668. The molecule has 0 radical (unpaired) electrons. The van der Waals surface area contributed by atoms with Gasteiger partial charge in [-0.05, 0) is 12.1 Å². The smallest absolute Gasteiger partial charge is 0.360 e. The summed E-state index contributed by atoms with van der Waals surface area (Å²) in [4.78, 5) is 25.5. The lowest BCUT2D eigenvalue weighted by Crippen LogP contribution is -2.07. The lowest BCUT2D eigenvalue weighted by atomic mass is 10.2. The van der Waals surface area contributed by atoms with Crippen LogP contribution in [0.4, 0.5) is 11.5 Å². The first-order chi connectivity index (χ1) is 9.45. The summed E-state index contributed by atoms with van der Waals surface area (Å²) < 4.78 is 5.85. The third-order valence-corrected chi connectivity index (χ3v) is 2.91. The number of ether oxygens (including phenoxy) is 1. The number of nitro groups is 1. The number of nitrogens with two attached hydrogens (primary N) is 1. The van der Waals surface area contributed by atoms with Gasteiger partial charge in [0, 0.05) is 6.07 Å². The fourth-order valence-corrected chi connectivity index (χ4v) is 1.79. The molecular weight excluding hydrogens is 288 g/mol. The molecule has 1 aromatic carbocycles. The number of rotatable bonds is 3. The molecule has 0 aliphatic carbocycles. The lowest BCUT2D eigenvalue weighted by molar-refractivity contribution is -0.384. The molecule has 1 heterocycles. The maximum Gasteiger partial charge on any atom is 0.360 e. The monoisotopic (exact) mass is 296 g/mol. The van der Waals surface area contributed by atoms with E-state index in [4.69, 9.17) is 17.3 Å². The Morgan fingerprint density at radius 1 is 1.55 bits per heavy atom. The molecule has 9 heteroatoms. The van der Waals surface area contributed by atoms with Crippen molar-refractivity contribution in [3.05, 3.63) is 45.4 Å². The van der Waals surface area contributed by atoms with Gasteiger partial charge >= 0.3 is 5.97 Å². The van der Waals surface area contributed by atoms with Gasteiger partial charge in [-0.2, -0.15) is 0 Å². The van der Waals surface area contributed by atoms with Crippen LogP contribution >= 0.6 is 11.6 Å². The first-order valence-corrected chi connectivity index (χ1v) is 5.69. The van der Waals surface area contributed by atoms with Crippen LogP contribution in [0.5, 0.6) is 0 Å². The van der Waals surface area contributed by atoms with Crippen LogP contribution in [0.3, 0.4) is 0 Å². The number of halogens is 1. The van der Waals surface area contributed by atoms with Crippen molar-refractivity contribution in [1.29, 1.82) is 0 Å². The van der Waals surface area contributed by atoms with Crippen molar-refractivity contribution in [1.82, 2.24) is 9.55 Å². The van der Waals surface area contributed by atoms with Crippen LogP contribution in [0.2, 0.25) is 5.02 Å². The summed E-state index contributed by atoms with van der Waals surface area (Å²) in [6.07, 6.45) is 1.27. The Bertz CT molecular complexity index is 698. The van der Waals surface area contributed by atoms with Gasteiger partial charge in [-0.3, -0.25) is 14.7 Å². The lowest BCUT2D eigenvalue weighted by Gasteiger charge is -2.06. The largest absolute Gasteiger partial charge is 0.464 e. The van der Waals surface area contributed by atoms with Gasteiger partial charge in [0.15, 0.2) is 5.69 Å². The summed E-state index contributed by atoms with van der Waals surface area (Å²) in [6, 6.07) is 4.13. The molecule has 0 bridgehead atoms. The summed E-state index contributed by atoms with van der Waals surface area (Å²) in [5.41, 5.74) is 5.80. The van der Waals surface area contributed by atoms with E-state index in [1.165, 1.54) is 36.2 Å². The normalized spacial score (nSPS) is 10.3. The third-order valence-electron chi connectivity index (χ3n) is 2.59. The van der Waals surface area contributed by atoms with Gasteiger partial charge in [-0.1, -0.05) is 11.6 Å². The summed E-state index contributed by atoms with van der Waals surface area (Å²) in [5, 5.41) is 10.8.